The van der Waals surface area contributed by atoms with Crippen molar-refractivity contribution in [1.29, 1.82) is 0 Å². The average molecular weight is 293 g/mol. The van der Waals surface area contributed by atoms with Gasteiger partial charge in [-0.05, 0) is 48.6 Å². The highest BCUT2D eigenvalue weighted by molar-refractivity contribution is 6.31. The number of hydrazine groups is 1. The number of hydrogen-bond donors (Lipinski definition) is 2. The molecule has 2 aromatic rings. The molecule has 1 unspecified atom stereocenters. The highest BCUT2D eigenvalue weighted by Gasteiger charge is 2.14. The van der Waals surface area contributed by atoms with E-state index in [9.17, 15) is 4.39 Å². The van der Waals surface area contributed by atoms with Gasteiger partial charge in [0.05, 0.1) is 11.1 Å². The van der Waals surface area contributed by atoms with Gasteiger partial charge >= 0.3 is 0 Å². The molecule has 1 atom stereocenters. The van der Waals surface area contributed by atoms with Crippen LogP contribution in [-0.2, 0) is 6.42 Å². The van der Waals surface area contributed by atoms with Gasteiger partial charge in [-0.1, -0.05) is 41.9 Å². The maximum absolute atomic E-state index is 13.5. The van der Waals surface area contributed by atoms with Crippen molar-refractivity contribution in [3.63, 3.8) is 0 Å². The summed E-state index contributed by atoms with van der Waals surface area (Å²) in [7, 11) is 0. The molecule has 0 fully saturated rings. The lowest BCUT2D eigenvalue weighted by Crippen LogP contribution is -2.29. The summed E-state index contributed by atoms with van der Waals surface area (Å²) < 4.78 is 13.5. The summed E-state index contributed by atoms with van der Waals surface area (Å²) in [6.45, 7) is 4.12. The summed E-state index contributed by atoms with van der Waals surface area (Å²) in [5.74, 6) is 5.24. The first-order chi connectivity index (χ1) is 9.52. The maximum atomic E-state index is 13.5. The van der Waals surface area contributed by atoms with Crippen LogP contribution in [0.2, 0.25) is 5.02 Å². The monoisotopic (exact) mass is 292 g/mol. The number of nitrogens with two attached hydrogens (primary N) is 1. The van der Waals surface area contributed by atoms with Crippen LogP contribution < -0.4 is 11.3 Å². The highest BCUT2D eigenvalue weighted by Crippen LogP contribution is 2.26. The lowest BCUT2D eigenvalue weighted by molar-refractivity contribution is 0.548. The molecule has 0 bridgehead atoms. The van der Waals surface area contributed by atoms with Crippen molar-refractivity contribution in [3.8, 4) is 0 Å². The third kappa shape index (κ3) is 3.18. The summed E-state index contributed by atoms with van der Waals surface area (Å²) in [5, 5.41) is 0.164. The molecule has 106 valence electrons. The Morgan fingerprint density at radius 2 is 1.95 bits per heavy atom. The number of hydrogen-bond acceptors (Lipinski definition) is 2. The average Bonchev–Trinajstić information content (AvgIpc) is 2.44. The van der Waals surface area contributed by atoms with E-state index < -0.39 is 5.82 Å². The Hall–Kier alpha value is -1.42. The van der Waals surface area contributed by atoms with Crippen LogP contribution in [0.15, 0.2) is 36.4 Å². The zero-order chi connectivity index (χ0) is 14.7. The molecule has 0 aliphatic heterocycles. The van der Waals surface area contributed by atoms with E-state index in [1.807, 2.05) is 12.1 Å². The van der Waals surface area contributed by atoms with Crippen LogP contribution in [-0.4, -0.2) is 0 Å². The molecule has 0 aromatic heterocycles. The third-order valence-electron chi connectivity index (χ3n) is 3.59. The third-order valence-corrected chi connectivity index (χ3v) is 4.01. The molecule has 0 radical (unpaired) electrons. The van der Waals surface area contributed by atoms with Gasteiger partial charge < -0.3 is 0 Å². The maximum Gasteiger partial charge on any atom is 0.142 e. The van der Waals surface area contributed by atoms with Crippen molar-refractivity contribution in [2.45, 2.75) is 26.3 Å². The molecule has 20 heavy (non-hydrogen) atoms. The zero-order valence-electron chi connectivity index (χ0n) is 11.6. The van der Waals surface area contributed by atoms with E-state index in [1.54, 1.807) is 6.07 Å². The fourth-order valence-electron chi connectivity index (χ4n) is 2.18. The van der Waals surface area contributed by atoms with Gasteiger partial charge in [-0.2, -0.15) is 0 Å². The van der Waals surface area contributed by atoms with Gasteiger partial charge in [0.25, 0.3) is 0 Å². The van der Waals surface area contributed by atoms with Crippen molar-refractivity contribution in [2.24, 2.45) is 5.84 Å². The standard InChI is InChI=1S/C16H18ClFN2/c1-10-6-7-12(8-11(10)2)15(20-19)9-13-4-3-5-14(18)16(13)17/h3-8,15,20H,9,19H2,1-2H3. The molecule has 4 heteroatoms. The first-order valence-corrected chi connectivity index (χ1v) is 6.87. The van der Waals surface area contributed by atoms with Gasteiger partial charge in [0.1, 0.15) is 5.82 Å². The second kappa shape index (κ2) is 6.35. The summed E-state index contributed by atoms with van der Waals surface area (Å²) >= 11 is 5.99. The predicted molar refractivity (Wildman–Crippen MR) is 81.1 cm³/mol. The van der Waals surface area contributed by atoms with Crippen molar-refractivity contribution < 1.29 is 4.39 Å². The first-order valence-electron chi connectivity index (χ1n) is 6.49. The van der Waals surface area contributed by atoms with Crippen molar-refractivity contribution in [3.05, 3.63) is 69.5 Å². The fourth-order valence-corrected chi connectivity index (χ4v) is 2.38. The number of nitrogens with one attached hydrogen (secondary N) is 1. The van der Waals surface area contributed by atoms with E-state index in [-0.39, 0.29) is 11.1 Å². The normalized spacial score (nSPS) is 12.4. The molecule has 2 rings (SSSR count). The Bertz CT molecular complexity index is 613. The van der Waals surface area contributed by atoms with Gasteiger partial charge in [0.2, 0.25) is 0 Å². The van der Waals surface area contributed by atoms with Gasteiger partial charge in [-0.3, -0.25) is 11.3 Å². The number of rotatable bonds is 4. The lowest BCUT2D eigenvalue weighted by atomic mass is 9.96. The highest BCUT2D eigenvalue weighted by atomic mass is 35.5. The van der Waals surface area contributed by atoms with E-state index in [2.05, 4.69) is 31.4 Å². The van der Waals surface area contributed by atoms with Crippen LogP contribution in [0, 0.1) is 19.7 Å². The molecule has 2 nitrogen and oxygen atoms in total. The Morgan fingerprint density at radius 3 is 2.60 bits per heavy atom. The minimum atomic E-state index is -0.403. The van der Waals surface area contributed by atoms with Gasteiger partial charge in [0.15, 0.2) is 0 Å². The van der Waals surface area contributed by atoms with Crippen LogP contribution >= 0.6 is 11.6 Å². The number of halogens is 2. The smallest absolute Gasteiger partial charge is 0.142 e. The Balaban J connectivity index is 2.28. The second-order valence-electron chi connectivity index (χ2n) is 4.98. The molecule has 0 saturated carbocycles. The zero-order valence-corrected chi connectivity index (χ0v) is 12.3. The van der Waals surface area contributed by atoms with Crippen LogP contribution in [0.1, 0.15) is 28.3 Å². The number of aryl methyl sites for hydroxylation is 2. The van der Waals surface area contributed by atoms with Crippen molar-refractivity contribution in [2.75, 3.05) is 0 Å². The molecule has 2 aromatic carbocycles. The lowest BCUT2D eigenvalue weighted by Gasteiger charge is -2.18. The molecular formula is C16H18ClFN2. The predicted octanol–water partition coefficient (Wildman–Crippen LogP) is 3.84. The van der Waals surface area contributed by atoms with Gasteiger partial charge in [0, 0.05) is 0 Å². The molecule has 0 heterocycles. The molecule has 0 aliphatic carbocycles. The topological polar surface area (TPSA) is 38.0 Å². The minimum absolute atomic E-state index is 0.103. The van der Waals surface area contributed by atoms with Crippen molar-refractivity contribution in [1.82, 2.24) is 5.43 Å². The minimum Gasteiger partial charge on any atom is -0.271 e. The molecule has 0 aliphatic rings. The Labute approximate surface area is 123 Å². The molecule has 3 N–H and O–H groups in total. The van der Waals surface area contributed by atoms with Crippen LogP contribution in [0.25, 0.3) is 0 Å². The number of benzene rings is 2. The van der Waals surface area contributed by atoms with E-state index in [4.69, 9.17) is 17.4 Å². The van der Waals surface area contributed by atoms with Crippen LogP contribution in [0.3, 0.4) is 0 Å². The van der Waals surface area contributed by atoms with Crippen molar-refractivity contribution >= 4 is 11.6 Å². The summed E-state index contributed by atoms with van der Waals surface area (Å²) in [6.07, 6.45) is 0.537. The van der Waals surface area contributed by atoms with Crippen LogP contribution in [0.4, 0.5) is 4.39 Å². The Kier molecular flexibility index (Phi) is 4.76. The summed E-state index contributed by atoms with van der Waals surface area (Å²) in [4.78, 5) is 0. The summed E-state index contributed by atoms with van der Waals surface area (Å²) in [5.41, 5.74) is 7.02. The quantitative estimate of drug-likeness (QED) is 0.664. The SMILES string of the molecule is Cc1ccc(C(Cc2cccc(F)c2Cl)NN)cc1C. The molecular weight excluding hydrogens is 275 g/mol. The van der Waals surface area contributed by atoms with Gasteiger partial charge in [-0.25, -0.2) is 4.39 Å². The molecule has 0 spiro atoms. The fraction of sp³-hybridized carbons (Fsp3) is 0.250. The van der Waals surface area contributed by atoms with E-state index in [0.717, 1.165) is 11.1 Å². The molecule has 0 amide bonds. The summed E-state index contributed by atoms with van der Waals surface area (Å²) in [6, 6.07) is 10.9. The van der Waals surface area contributed by atoms with Gasteiger partial charge in [-0.15, -0.1) is 0 Å². The van der Waals surface area contributed by atoms with Crippen LogP contribution in [0.5, 0.6) is 0 Å². The Morgan fingerprint density at radius 1 is 1.20 bits per heavy atom. The van der Waals surface area contributed by atoms with E-state index in [1.165, 1.54) is 17.2 Å². The largest absolute Gasteiger partial charge is 0.271 e. The molecule has 0 saturated heterocycles. The van der Waals surface area contributed by atoms with E-state index >= 15 is 0 Å². The first kappa shape index (κ1) is 15.0. The van der Waals surface area contributed by atoms with E-state index in [0.29, 0.717) is 6.42 Å². The second-order valence-corrected chi connectivity index (χ2v) is 5.36.